The van der Waals surface area contributed by atoms with Gasteiger partial charge in [-0.2, -0.15) is 0 Å². The molecule has 0 N–H and O–H groups in total. The molecule has 2 heterocycles. The largest absolute Gasteiger partial charge is 0.380 e. The third-order valence-electron chi connectivity index (χ3n) is 4.64. The highest BCUT2D eigenvalue weighted by Gasteiger charge is 2.20. The third-order valence-corrected chi connectivity index (χ3v) is 4.64. The smallest absolute Gasteiger partial charge is 0.0593 e. The Labute approximate surface area is 145 Å². The van der Waals surface area contributed by atoms with Crippen molar-refractivity contribution in [2.45, 2.75) is 13.5 Å². The molecule has 0 radical (unpaired) electrons. The first-order valence-corrected chi connectivity index (χ1v) is 8.80. The molecule has 24 heavy (non-hydrogen) atoms. The van der Waals surface area contributed by atoms with E-state index in [-0.39, 0.29) is 0 Å². The Balaban J connectivity index is 1.74. The van der Waals surface area contributed by atoms with Gasteiger partial charge in [-0.15, -0.1) is 0 Å². The highest BCUT2D eigenvalue weighted by atomic mass is 16.5. The molecule has 0 saturated carbocycles. The number of nitrogens with zero attached hydrogens (tertiary/aromatic N) is 3. The van der Waals surface area contributed by atoms with Gasteiger partial charge in [0.25, 0.3) is 0 Å². The number of hydrogen-bond acceptors (Lipinski definition) is 3. The summed E-state index contributed by atoms with van der Waals surface area (Å²) in [6, 6.07) is 13.0. The second-order valence-electron chi connectivity index (χ2n) is 7.09. The van der Waals surface area contributed by atoms with Crippen molar-refractivity contribution in [1.82, 2.24) is 14.4 Å². The van der Waals surface area contributed by atoms with Crippen molar-refractivity contribution in [2.75, 3.05) is 46.9 Å². The van der Waals surface area contributed by atoms with Gasteiger partial charge >= 0.3 is 0 Å². The molecule has 0 aliphatic carbocycles. The highest BCUT2D eigenvalue weighted by Crippen LogP contribution is 2.19. The van der Waals surface area contributed by atoms with Crippen molar-refractivity contribution in [3.8, 4) is 5.69 Å². The van der Waals surface area contributed by atoms with Crippen molar-refractivity contribution in [2.24, 2.45) is 5.92 Å². The molecule has 1 aromatic heterocycles. The first-order chi connectivity index (χ1) is 11.6. The number of aromatic nitrogens is 1. The molecule has 1 aromatic carbocycles. The van der Waals surface area contributed by atoms with Gasteiger partial charge in [0, 0.05) is 49.7 Å². The van der Waals surface area contributed by atoms with Crippen molar-refractivity contribution < 1.29 is 4.74 Å². The standard InChI is InChI=1S/C20H29N3O/c1-17-7-4-5-9-20(17)23-10-6-8-19(23)15-22-11-12-24-16-18(14-22)13-21(2)3/h4-10,18H,11-16H2,1-3H3/t18-/m0/s1. The molecule has 130 valence electrons. The Hall–Kier alpha value is -1.62. The van der Waals surface area contributed by atoms with Crippen LogP contribution in [0.3, 0.4) is 0 Å². The molecule has 4 heteroatoms. The summed E-state index contributed by atoms with van der Waals surface area (Å²) in [4.78, 5) is 4.79. The van der Waals surface area contributed by atoms with E-state index in [1.165, 1.54) is 16.9 Å². The van der Waals surface area contributed by atoms with Gasteiger partial charge in [0.1, 0.15) is 0 Å². The quantitative estimate of drug-likeness (QED) is 0.842. The predicted octanol–water partition coefficient (Wildman–Crippen LogP) is 2.80. The lowest BCUT2D eigenvalue weighted by molar-refractivity contribution is 0.112. The maximum Gasteiger partial charge on any atom is 0.0593 e. The van der Waals surface area contributed by atoms with Crippen LogP contribution in [-0.4, -0.2) is 61.3 Å². The van der Waals surface area contributed by atoms with E-state index < -0.39 is 0 Å². The lowest BCUT2D eigenvalue weighted by Crippen LogP contribution is -2.34. The second-order valence-corrected chi connectivity index (χ2v) is 7.09. The first kappa shape index (κ1) is 17.2. The second kappa shape index (κ2) is 7.97. The van der Waals surface area contributed by atoms with Crippen LogP contribution in [0.2, 0.25) is 0 Å². The van der Waals surface area contributed by atoms with E-state index in [4.69, 9.17) is 4.74 Å². The Morgan fingerprint density at radius 3 is 2.79 bits per heavy atom. The zero-order valence-corrected chi connectivity index (χ0v) is 15.1. The van der Waals surface area contributed by atoms with Crippen molar-refractivity contribution in [1.29, 1.82) is 0 Å². The van der Waals surface area contributed by atoms with Gasteiger partial charge in [-0.05, 0) is 44.8 Å². The summed E-state index contributed by atoms with van der Waals surface area (Å²) in [6.45, 7) is 8.01. The Morgan fingerprint density at radius 1 is 1.17 bits per heavy atom. The number of aryl methyl sites for hydroxylation is 1. The fourth-order valence-electron chi connectivity index (χ4n) is 3.57. The molecular weight excluding hydrogens is 298 g/mol. The van der Waals surface area contributed by atoms with E-state index in [0.717, 1.165) is 39.4 Å². The highest BCUT2D eigenvalue weighted by molar-refractivity contribution is 5.42. The summed E-state index contributed by atoms with van der Waals surface area (Å²) >= 11 is 0. The lowest BCUT2D eigenvalue weighted by atomic mass is 10.1. The number of para-hydroxylation sites is 1. The minimum absolute atomic E-state index is 0.573. The van der Waals surface area contributed by atoms with Gasteiger partial charge in [0.2, 0.25) is 0 Å². The van der Waals surface area contributed by atoms with Gasteiger partial charge in [-0.25, -0.2) is 0 Å². The van der Waals surface area contributed by atoms with E-state index >= 15 is 0 Å². The lowest BCUT2D eigenvalue weighted by Gasteiger charge is -2.26. The molecule has 1 aliphatic rings. The molecule has 1 aliphatic heterocycles. The average molecular weight is 327 g/mol. The molecule has 1 atom stereocenters. The van der Waals surface area contributed by atoms with Crippen LogP contribution in [0.1, 0.15) is 11.3 Å². The van der Waals surface area contributed by atoms with Crippen LogP contribution in [0.4, 0.5) is 0 Å². The summed E-state index contributed by atoms with van der Waals surface area (Å²) in [5, 5.41) is 0. The minimum atomic E-state index is 0.573. The van der Waals surface area contributed by atoms with Gasteiger partial charge in [-0.3, -0.25) is 4.90 Å². The van der Waals surface area contributed by atoms with Gasteiger partial charge in [0.15, 0.2) is 0 Å². The monoisotopic (exact) mass is 327 g/mol. The predicted molar refractivity (Wildman–Crippen MR) is 98.6 cm³/mol. The van der Waals surface area contributed by atoms with Crippen LogP contribution in [0, 0.1) is 12.8 Å². The van der Waals surface area contributed by atoms with Crippen LogP contribution in [0.25, 0.3) is 5.69 Å². The molecule has 0 spiro atoms. The van der Waals surface area contributed by atoms with Crippen LogP contribution in [0.5, 0.6) is 0 Å². The fourth-order valence-corrected chi connectivity index (χ4v) is 3.57. The molecular formula is C20H29N3O. The van der Waals surface area contributed by atoms with Gasteiger partial charge in [0.05, 0.1) is 13.2 Å². The SMILES string of the molecule is Cc1ccccc1-n1cccc1CN1CCOC[C@@H](CN(C)C)C1. The molecule has 1 fully saturated rings. The Morgan fingerprint density at radius 2 is 2.00 bits per heavy atom. The summed E-state index contributed by atoms with van der Waals surface area (Å²) < 4.78 is 8.14. The summed E-state index contributed by atoms with van der Waals surface area (Å²) in [6.07, 6.45) is 2.17. The van der Waals surface area contributed by atoms with E-state index in [1.807, 2.05) is 0 Å². The third kappa shape index (κ3) is 4.26. The molecule has 3 rings (SSSR count). The summed E-state index contributed by atoms with van der Waals surface area (Å²) in [7, 11) is 4.27. The zero-order chi connectivity index (χ0) is 16.9. The van der Waals surface area contributed by atoms with Gasteiger partial charge < -0.3 is 14.2 Å². The topological polar surface area (TPSA) is 20.6 Å². The summed E-state index contributed by atoms with van der Waals surface area (Å²) in [5.41, 5.74) is 3.92. The Kier molecular flexibility index (Phi) is 5.72. The maximum atomic E-state index is 5.82. The van der Waals surface area contributed by atoms with E-state index in [2.05, 4.69) is 78.0 Å². The average Bonchev–Trinajstić information content (AvgIpc) is 2.87. The molecule has 0 unspecified atom stereocenters. The Bertz CT molecular complexity index is 650. The van der Waals surface area contributed by atoms with Crippen LogP contribution in [-0.2, 0) is 11.3 Å². The van der Waals surface area contributed by atoms with E-state index in [9.17, 15) is 0 Å². The number of ether oxygens (including phenoxy) is 1. The molecule has 2 aromatic rings. The molecule has 1 saturated heterocycles. The number of hydrogen-bond donors (Lipinski definition) is 0. The number of rotatable bonds is 5. The van der Waals surface area contributed by atoms with Crippen molar-refractivity contribution in [3.05, 3.63) is 53.9 Å². The molecule has 0 amide bonds. The van der Waals surface area contributed by atoms with Crippen LogP contribution in [0.15, 0.2) is 42.6 Å². The maximum absolute atomic E-state index is 5.82. The normalized spacial score (nSPS) is 19.6. The summed E-state index contributed by atoms with van der Waals surface area (Å²) in [5.74, 6) is 0.573. The van der Waals surface area contributed by atoms with Crippen molar-refractivity contribution in [3.63, 3.8) is 0 Å². The van der Waals surface area contributed by atoms with Gasteiger partial charge in [-0.1, -0.05) is 18.2 Å². The van der Waals surface area contributed by atoms with Crippen LogP contribution >= 0.6 is 0 Å². The minimum Gasteiger partial charge on any atom is -0.380 e. The van der Waals surface area contributed by atoms with E-state index in [1.54, 1.807) is 0 Å². The fraction of sp³-hybridized carbons (Fsp3) is 0.500. The molecule has 0 bridgehead atoms. The molecule has 4 nitrogen and oxygen atoms in total. The number of benzene rings is 1. The van der Waals surface area contributed by atoms with E-state index in [0.29, 0.717) is 5.92 Å². The van der Waals surface area contributed by atoms with Crippen LogP contribution < -0.4 is 0 Å². The zero-order valence-electron chi connectivity index (χ0n) is 15.1. The first-order valence-electron chi connectivity index (χ1n) is 8.80. The van der Waals surface area contributed by atoms with Crippen molar-refractivity contribution >= 4 is 0 Å².